The number of hydrogen-bond acceptors (Lipinski definition) is 3. The van der Waals surface area contributed by atoms with Gasteiger partial charge in [0.1, 0.15) is 5.82 Å². The molecule has 1 atom stereocenters. The fraction of sp³-hybridized carbons (Fsp3) is 0.273. The van der Waals surface area contributed by atoms with Gasteiger partial charge in [-0.25, -0.2) is 9.18 Å². The molecule has 0 aliphatic heterocycles. The number of nitrogens with zero attached hydrogens (tertiary/aromatic N) is 1. The Morgan fingerprint density at radius 1 is 1.56 bits per heavy atom. The van der Waals surface area contributed by atoms with E-state index in [1.165, 1.54) is 12.1 Å². The van der Waals surface area contributed by atoms with Crippen molar-refractivity contribution in [3.63, 3.8) is 0 Å². The van der Waals surface area contributed by atoms with E-state index in [1.807, 2.05) is 6.07 Å². The second-order valence-corrected chi connectivity index (χ2v) is 3.25. The Morgan fingerprint density at radius 3 is 2.75 bits per heavy atom. The molecule has 16 heavy (non-hydrogen) atoms. The molecule has 0 aliphatic carbocycles. The Labute approximate surface area is 91.6 Å². The highest BCUT2D eigenvalue weighted by Crippen LogP contribution is 2.19. The third-order valence-electron chi connectivity index (χ3n) is 2.12. The summed E-state index contributed by atoms with van der Waals surface area (Å²) in [6, 6.07) is 5.79. The molecule has 0 fully saturated rings. The number of carboxylic acids is 1. The van der Waals surface area contributed by atoms with E-state index >= 15 is 0 Å². The van der Waals surface area contributed by atoms with Crippen LogP contribution < -0.4 is 0 Å². The predicted molar refractivity (Wildman–Crippen MR) is 52.9 cm³/mol. The molecule has 0 amide bonds. The van der Waals surface area contributed by atoms with E-state index in [0.29, 0.717) is 12.0 Å². The third kappa shape index (κ3) is 2.78. The minimum atomic E-state index is -1.86. The molecule has 0 saturated heterocycles. The summed E-state index contributed by atoms with van der Waals surface area (Å²) < 4.78 is 13.4. The molecule has 0 radical (unpaired) electrons. The van der Waals surface area contributed by atoms with E-state index in [-0.39, 0.29) is 12.0 Å². The molecule has 4 nitrogen and oxygen atoms in total. The van der Waals surface area contributed by atoms with Crippen molar-refractivity contribution in [3.05, 3.63) is 35.1 Å². The predicted octanol–water partition coefficient (Wildman–Crippen LogP) is 1.40. The van der Waals surface area contributed by atoms with Gasteiger partial charge in [0.15, 0.2) is 6.10 Å². The molecule has 0 heterocycles. The van der Waals surface area contributed by atoms with Gasteiger partial charge in [0, 0.05) is 12.0 Å². The van der Waals surface area contributed by atoms with Gasteiger partial charge in [-0.15, -0.1) is 0 Å². The standard InChI is InChI=1S/C11H10FNO3/c12-9-6-7(2-1-5-13)3-4-8(9)10(14)11(15)16/h3-4,6,10,14H,1-2H2,(H,15,16). The van der Waals surface area contributed by atoms with Crippen molar-refractivity contribution in [2.75, 3.05) is 0 Å². The Kier molecular flexibility index (Phi) is 3.97. The Balaban J connectivity index is 2.92. The van der Waals surface area contributed by atoms with Crippen LogP contribution in [0.15, 0.2) is 18.2 Å². The summed E-state index contributed by atoms with van der Waals surface area (Å²) in [4.78, 5) is 10.4. The fourth-order valence-corrected chi connectivity index (χ4v) is 1.28. The van der Waals surface area contributed by atoms with Gasteiger partial charge >= 0.3 is 5.97 Å². The van der Waals surface area contributed by atoms with Crippen LogP contribution in [0.5, 0.6) is 0 Å². The van der Waals surface area contributed by atoms with E-state index in [0.717, 1.165) is 6.07 Å². The van der Waals surface area contributed by atoms with Crippen LogP contribution in [-0.4, -0.2) is 16.2 Å². The van der Waals surface area contributed by atoms with Crippen LogP contribution in [-0.2, 0) is 11.2 Å². The van der Waals surface area contributed by atoms with E-state index in [2.05, 4.69) is 0 Å². The lowest BCUT2D eigenvalue weighted by molar-refractivity contribution is -0.147. The number of rotatable bonds is 4. The van der Waals surface area contributed by atoms with Crippen LogP contribution >= 0.6 is 0 Å². The zero-order chi connectivity index (χ0) is 12.1. The minimum absolute atomic E-state index is 0.264. The zero-order valence-electron chi connectivity index (χ0n) is 8.35. The summed E-state index contributed by atoms with van der Waals surface area (Å²) >= 11 is 0. The highest BCUT2D eigenvalue weighted by molar-refractivity contribution is 5.74. The molecule has 1 aromatic rings. The average molecular weight is 223 g/mol. The van der Waals surface area contributed by atoms with E-state index < -0.39 is 17.9 Å². The molecule has 0 aromatic heterocycles. The van der Waals surface area contributed by atoms with Crippen LogP contribution in [0.4, 0.5) is 4.39 Å². The number of carbonyl (C=O) groups is 1. The average Bonchev–Trinajstić information content (AvgIpc) is 2.25. The Morgan fingerprint density at radius 2 is 2.25 bits per heavy atom. The molecule has 0 saturated carbocycles. The Hall–Kier alpha value is -1.93. The lowest BCUT2D eigenvalue weighted by Gasteiger charge is -2.08. The molecule has 0 aliphatic rings. The summed E-state index contributed by atoms with van der Waals surface area (Å²) in [5.41, 5.74) is 0.327. The lowest BCUT2D eigenvalue weighted by Crippen LogP contribution is -2.12. The van der Waals surface area contributed by atoms with Gasteiger partial charge in [-0.05, 0) is 18.1 Å². The van der Waals surface area contributed by atoms with E-state index in [9.17, 15) is 9.18 Å². The van der Waals surface area contributed by atoms with Crippen molar-refractivity contribution in [2.24, 2.45) is 0 Å². The number of aliphatic hydroxyl groups is 1. The number of hydrogen-bond donors (Lipinski definition) is 2. The van der Waals surface area contributed by atoms with Gasteiger partial charge in [0.2, 0.25) is 0 Å². The van der Waals surface area contributed by atoms with Gasteiger partial charge in [-0.1, -0.05) is 12.1 Å². The van der Waals surface area contributed by atoms with Crippen molar-refractivity contribution >= 4 is 5.97 Å². The van der Waals surface area contributed by atoms with Gasteiger partial charge in [-0.2, -0.15) is 5.26 Å². The summed E-state index contributed by atoms with van der Waals surface area (Å²) in [6.07, 6.45) is -1.19. The van der Waals surface area contributed by atoms with E-state index in [4.69, 9.17) is 15.5 Å². The largest absolute Gasteiger partial charge is 0.479 e. The molecule has 1 aromatic carbocycles. The molecule has 0 bridgehead atoms. The highest BCUT2D eigenvalue weighted by Gasteiger charge is 2.19. The first-order valence-electron chi connectivity index (χ1n) is 4.62. The number of carboxylic acid groups (broad SMARTS) is 1. The lowest BCUT2D eigenvalue weighted by atomic mass is 10.0. The highest BCUT2D eigenvalue weighted by atomic mass is 19.1. The number of halogens is 1. The summed E-state index contributed by atoms with van der Waals surface area (Å²) in [7, 11) is 0. The molecule has 2 N–H and O–H groups in total. The number of benzene rings is 1. The molecule has 0 spiro atoms. The van der Waals surface area contributed by atoms with Gasteiger partial charge in [0.05, 0.1) is 6.07 Å². The van der Waals surface area contributed by atoms with Crippen molar-refractivity contribution in [1.82, 2.24) is 0 Å². The van der Waals surface area contributed by atoms with Gasteiger partial charge in [-0.3, -0.25) is 0 Å². The maximum Gasteiger partial charge on any atom is 0.337 e. The SMILES string of the molecule is N#CCCc1ccc(C(O)C(=O)O)c(F)c1. The topological polar surface area (TPSA) is 81.3 Å². The first kappa shape index (κ1) is 12.1. The third-order valence-corrected chi connectivity index (χ3v) is 2.12. The quantitative estimate of drug-likeness (QED) is 0.808. The number of aliphatic hydroxyl groups excluding tert-OH is 1. The van der Waals surface area contributed by atoms with Crippen LogP contribution in [0.25, 0.3) is 0 Å². The van der Waals surface area contributed by atoms with Crippen molar-refractivity contribution in [3.8, 4) is 6.07 Å². The maximum atomic E-state index is 13.4. The monoisotopic (exact) mass is 223 g/mol. The number of aliphatic carboxylic acids is 1. The van der Waals surface area contributed by atoms with Crippen LogP contribution in [0.1, 0.15) is 23.7 Å². The normalized spacial score (nSPS) is 11.8. The first-order chi connectivity index (χ1) is 7.56. The number of nitriles is 1. The van der Waals surface area contributed by atoms with Crippen molar-refractivity contribution < 1.29 is 19.4 Å². The van der Waals surface area contributed by atoms with Crippen LogP contribution in [0.3, 0.4) is 0 Å². The van der Waals surface area contributed by atoms with Gasteiger partial charge < -0.3 is 10.2 Å². The van der Waals surface area contributed by atoms with Gasteiger partial charge in [0.25, 0.3) is 0 Å². The molecular weight excluding hydrogens is 213 g/mol. The fourth-order valence-electron chi connectivity index (χ4n) is 1.28. The minimum Gasteiger partial charge on any atom is -0.479 e. The van der Waals surface area contributed by atoms with Crippen molar-refractivity contribution in [2.45, 2.75) is 18.9 Å². The maximum absolute atomic E-state index is 13.4. The first-order valence-corrected chi connectivity index (χ1v) is 4.62. The second kappa shape index (κ2) is 5.24. The molecule has 5 heteroatoms. The Bertz CT molecular complexity index is 439. The zero-order valence-corrected chi connectivity index (χ0v) is 8.35. The number of aryl methyl sites for hydroxylation is 1. The van der Waals surface area contributed by atoms with Crippen LogP contribution in [0.2, 0.25) is 0 Å². The summed E-state index contributed by atoms with van der Waals surface area (Å²) in [5.74, 6) is -2.27. The molecule has 84 valence electrons. The smallest absolute Gasteiger partial charge is 0.337 e. The van der Waals surface area contributed by atoms with Crippen LogP contribution in [0, 0.1) is 17.1 Å². The van der Waals surface area contributed by atoms with Crippen molar-refractivity contribution in [1.29, 1.82) is 5.26 Å². The summed E-state index contributed by atoms with van der Waals surface area (Å²) in [5, 5.41) is 26.0. The molecular formula is C11H10FNO3. The summed E-state index contributed by atoms with van der Waals surface area (Å²) in [6.45, 7) is 0. The molecule has 1 rings (SSSR count). The van der Waals surface area contributed by atoms with E-state index in [1.54, 1.807) is 0 Å². The second-order valence-electron chi connectivity index (χ2n) is 3.25. The molecule has 1 unspecified atom stereocenters.